The number of hydrogen-bond donors (Lipinski definition) is 1. The summed E-state index contributed by atoms with van der Waals surface area (Å²) < 4.78 is 0. The standard InChI is InChI=1S/C22H34N8O/c1-4-27-10-12-28(13-11-27)22-24-9-6-21(26-22)30-17(2)15-29(16-18(30)3)20-5-8-23-19(25-20)7-14-31/h5-6,8-9,17-18,31H,4,7,10-16H2,1-3H3/t17-,18+. The molecule has 2 aromatic rings. The molecule has 2 fully saturated rings. The monoisotopic (exact) mass is 426 g/mol. The summed E-state index contributed by atoms with van der Waals surface area (Å²) in [6.07, 6.45) is 4.15. The van der Waals surface area contributed by atoms with Crippen LogP contribution in [-0.4, -0.2) is 94.4 Å². The summed E-state index contributed by atoms with van der Waals surface area (Å²) in [7, 11) is 0. The molecule has 168 valence electrons. The van der Waals surface area contributed by atoms with Crippen molar-refractivity contribution in [3.63, 3.8) is 0 Å². The third kappa shape index (κ3) is 4.88. The molecule has 0 bridgehead atoms. The molecule has 0 aliphatic carbocycles. The fourth-order valence-corrected chi connectivity index (χ4v) is 4.65. The second-order valence-electron chi connectivity index (χ2n) is 8.45. The molecule has 9 nitrogen and oxygen atoms in total. The number of nitrogens with zero attached hydrogens (tertiary/aromatic N) is 8. The second kappa shape index (κ2) is 9.74. The van der Waals surface area contributed by atoms with E-state index in [1.165, 1.54) is 0 Å². The van der Waals surface area contributed by atoms with Gasteiger partial charge in [0.1, 0.15) is 17.5 Å². The molecule has 0 spiro atoms. The van der Waals surface area contributed by atoms with Gasteiger partial charge in [0.15, 0.2) is 0 Å². The van der Waals surface area contributed by atoms with Gasteiger partial charge >= 0.3 is 0 Å². The molecule has 4 heterocycles. The summed E-state index contributed by atoms with van der Waals surface area (Å²) >= 11 is 0. The van der Waals surface area contributed by atoms with Crippen molar-refractivity contribution in [2.45, 2.75) is 39.3 Å². The first-order chi connectivity index (χ1) is 15.1. The number of aliphatic hydroxyl groups excluding tert-OH is 1. The SMILES string of the molecule is CCN1CCN(c2nccc(N3[C@H](C)CN(c4ccnc(CCO)n4)C[C@@H]3C)n2)CC1. The maximum Gasteiger partial charge on any atom is 0.227 e. The van der Waals surface area contributed by atoms with Crippen molar-refractivity contribution in [2.24, 2.45) is 0 Å². The molecule has 2 aliphatic rings. The summed E-state index contributed by atoms with van der Waals surface area (Å²) in [6.45, 7) is 13.6. The van der Waals surface area contributed by atoms with Gasteiger partial charge in [-0.3, -0.25) is 0 Å². The van der Waals surface area contributed by atoms with Gasteiger partial charge in [-0.1, -0.05) is 6.92 Å². The van der Waals surface area contributed by atoms with E-state index in [1.54, 1.807) is 6.20 Å². The summed E-state index contributed by atoms with van der Waals surface area (Å²) in [5.41, 5.74) is 0. The molecule has 4 rings (SSSR count). The normalized spacial score (nSPS) is 22.8. The molecule has 0 unspecified atom stereocenters. The Hall–Kier alpha value is -2.52. The lowest BCUT2D eigenvalue weighted by Crippen LogP contribution is -2.57. The van der Waals surface area contributed by atoms with Gasteiger partial charge in [0, 0.05) is 70.2 Å². The fraction of sp³-hybridized carbons (Fsp3) is 0.636. The van der Waals surface area contributed by atoms with Gasteiger partial charge in [-0.05, 0) is 32.5 Å². The molecule has 2 aliphatic heterocycles. The van der Waals surface area contributed by atoms with E-state index in [0.717, 1.165) is 63.4 Å². The number of aromatic nitrogens is 4. The number of aliphatic hydroxyl groups is 1. The highest BCUT2D eigenvalue weighted by Crippen LogP contribution is 2.26. The van der Waals surface area contributed by atoms with E-state index in [0.29, 0.717) is 12.2 Å². The Kier molecular flexibility index (Phi) is 6.82. The molecular weight excluding hydrogens is 392 g/mol. The minimum atomic E-state index is 0.0631. The van der Waals surface area contributed by atoms with Crippen LogP contribution in [-0.2, 0) is 6.42 Å². The predicted octanol–water partition coefficient (Wildman–Crippen LogP) is 1.05. The van der Waals surface area contributed by atoms with Gasteiger partial charge < -0.3 is 24.7 Å². The first-order valence-electron chi connectivity index (χ1n) is 11.4. The highest BCUT2D eigenvalue weighted by atomic mass is 16.3. The fourth-order valence-electron chi connectivity index (χ4n) is 4.65. The van der Waals surface area contributed by atoms with E-state index < -0.39 is 0 Å². The van der Waals surface area contributed by atoms with Crippen LogP contribution in [0.3, 0.4) is 0 Å². The first kappa shape index (κ1) is 21.7. The summed E-state index contributed by atoms with van der Waals surface area (Å²) in [5, 5.41) is 9.19. The number of hydrogen-bond acceptors (Lipinski definition) is 9. The van der Waals surface area contributed by atoms with Crippen molar-refractivity contribution in [2.75, 3.05) is 67.1 Å². The zero-order valence-electron chi connectivity index (χ0n) is 18.9. The average Bonchev–Trinajstić information content (AvgIpc) is 2.79. The Bertz CT molecular complexity index is 845. The van der Waals surface area contributed by atoms with E-state index in [9.17, 15) is 5.11 Å². The minimum absolute atomic E-state index is 0.0631. The van der Waals surface area contributed by atoms with Crippen LogP contribution < -0.4 is 14.7 Å². The van der Waals surface area contributed by atoms with E-state index in [1.807, 2.05) is 18.3 Å². The van der Waals surface area contributed by atoms with Crippen molar-refractivity contribution < 1.29 is 5.11 Å². The predicted molar refractivity (Wildman–Crippen MR) is 123 cm³/mol. The van der Waals surface area contributed by atoms with Crippen LogP contribution in [0.25, 0.3) is 0 Å². The van der Waals surface area contributed by atoms with Gasteiger partial charge in [0.05, 0.1) is 6.61 Å². The lowest BCUT2D eigenvalue weighted by molar-refractivity contribution is 0.270. The maximum atomic E-state index is 9.19. The van der Waals surface area contributed by atoms with Gasteiger partial charge in [0.25, 0.3) is 0 Å². The molecule has 1 N–H and O–H groups in total. The topological polar surface area (TPSA) is 84.8 Å². The largest absolute Gasteiger partial charge is 0.396 e. The van der Waals surface area contributed by atoms with E-state index in [2.05, 4.69) is 55.3 Å². The van der Waals surface area contributed by atoms with E-state index in [-0.39, 0.29) is 18.7 Å². The lowest BCUT2D eigenvalue weighted by Gasteiger charge is -2.45. The zero-order chi connectivity index (χ0) is 21.8. The highest BCUT2D eigenvalue weighted by molar-refractivity contribution is 5.49. The Morgan fingerprint density at radius 1 is 0.903 bits per heavy atom. The Morgan fingerprint density at radius 2 is 1.58 bits per heavy atom. The molecule has 0 radical (unpaired) electrons. The van der Waals surface area contributed by atoms with Gasteiger partial charge in [-0.15, -0.1) is 0 Å². The molecule has 2 saturated heterocycles. The maximum absolute atomic E-state index is 9.19. The van der Waals surface area contributed by atoms with Gasteiger partial charge in [-0.2, -0.15) is 4.98 Å². The molecule has 0 aromatic carbocycles. The second-order valence-corrected chi connectivity index (χ2v) is 8.45. The molecule has 31 heavy (non-hydrogen) atoms. The molecule has 0 amide bonds. The molecule has 2 aromatic heterocycles. The van der Waals surface area contributed by atoms with Crippen molar-refractivity contribution in [3.8, 4) is 0 Å². The van der Waals surface area contributed by atoms with Crippen LogP contribution in [0.15, 0.2) is 24.5 Å². The Morgan fingerprint density at radius 3 is 2.26 bits per heavy atom. The minimum Gasteiger partial charge on any atom is -0.396 e. The Labute approximate surface area is 184 Å². The van der Waals surface area contributed by atoms with Gasteiger partial charge in [0.2, 0.25) is 5.95 Å². The summed E-state index contributed by atoms with van der Waals surface area (Å²) in [6, 6.07) is 4.53. The molecule has 2 atom stereocenters. The van der Waals surface area contributed by atoms with Crippen LogP contribution in [0.2, 0.25) is 0 Å². The average molecular weight is 427 g/mol. The smallest absolute Gasteiger partial charge is 0.227 e. The van der Waals surface area contributed by atoms with Crippen LogP contribution in [0.5, 0.6) is 0 Å². The summed E-state index contributed by atoms with van der Waals surface area (Å²) in [4.78, 5) is 27.9. The van der Waals surface area contributed by atoms with Crippen LogP contribution in [0.1, 0.15) is 26.6 Å². The number of likely N-dealkylation sites (N-methyl/N-ethyl adjacent to an activating group) is 1. The summed E-state index contributed by atoms with van der Waals surface area (Å²) in [5.74, 6) is 3.44. The zero-order valence-corrected chi connectivity index (χ0v) is 18.9. The third-order valence-electron chi connectivity index (χ3n) is 6.26. The first-order valence-corrected chi connectivity index (χ1v) is 11.4. The van der Waals surface area contributed by atoms with E-state index in [4.69, 9.17) is 4.98 Å². The van der Waals surface area contributed by atoms with Crippen LogP contribution in [0, 0.1) is 0 Å². The molecule has 9 heteroatoms. The van der Waals surface area contributed by atoms with Crippen molar-refractivity contribution in [1.82, 2.24) is 24.8 Å². The number of piperazine rings is 2. The van der Waals surface area contributed by atoms with E-state index >= 15 is 0 Å². The van der Waals surface area contributed by atoms with Gasteiger partial charge in [-0.25, -0.2) is 15.0 Å². The lowest BCUT2D eigenvalue weighted by atomic mass is 10.1. The number of rotatable bonds is 6. The quantitative estimate of drug-likeness (QED) is 0.728. The highest BCUT2D eigenvalue weighted by Gasteiger charge is 2.31. The van der Waals surface area contributed by atoms with Crippen LogP contribution >= 0.6 is 0 Å². The van der Waals surface area contributed by atoms with Crippen molar-refractivity contribution >= 4 is 17.6 Å². The van der Waals surface area contributed by atoms with Crippen LogP contribution in [0.4, 0.5) is 17.6 Å². The van der Waals surface area contributed by atoms with Crippen molar-refractivity contribution in [1.29, 1.82) is 0 Å². The molecular formula is C22H34N8O. The Balaban J connectivity index is 1.47. The van der Waals surface area contributed by atoms with Crippen molar-refractivity contribution in [3.05, 3.63) is 30.4 Å². The number of anilines is 3. The third-order valence-corrected chi connectivity index (χ3v) is 6.26. The molecule has 0 saturated carbocycles.